The lowest BCUT2D eigenvalue weighted by atomic mass is 10.2. The number of aryl methyl sites for hydroxylation is 1. The molecule has 1 rings (SSSR count). The van der Waals surface area contributed by atoms with E-state index in [0.717, 1.165) is 15.2 Å². The largest absolute Gasteiger partial charge is 0.536 e. The molecule has 0 heterocycles. The van der Waals surface area contributed by atoms with Gasteiger partial charge in [-0.2, -0.15) is 0 Å². The molecule has 0 saturated carbocycles. The van der Waals surface area contributed by atoms with Gasteiger partial charge < -0.3 is 13.3 Å². The zero-order valence-corrected chi connectivity index (χ0v) is 11.9. The summed E-state index contributed by atoms with van der Waals surface area (Å²) in [5, 5.41) is 0.968. The molecule has 0 radical (unpaired) electrons. The van der Waals surface area contributed by atoms with Gasteiger partial charge in [-0.25, -0.2) is 0 Å². The molecule has 15 heavy (non-hydrogen) atoms. The smallest absolute Gasteiger partial charge is 0.373 e. The van der Waals surface area contributed by atoms with E-state index in [9.17, 15) is 0 Å². The molecule has 0 aliphatic carbocycles. The second-order valence-corrected chi connectivity index (χ2v) is 6.90. The number of halogens is 1. The van der Waals surface area contributed by atoms with Crippen molar-refractivity contribution in [3.05, 3.63) is 28.2 Å². The molecule has 0 aromatic heterocycles. The van der Waals surface area contributed by atoms with Crippen LogP contribution in [0.3, 0.4) is 0 Å². The summed E-state index contributed by atoms with van der Waals surface area (Å²) in [5.41, 5.74) is 1.13. The molecular weight excluding hydrogens is 276 g/mol. The monoisotopic (exact) mass is 290 g/mol. The van der Waals surface area contributed by atoms with Gasteiger partial charge in [0.15, 0.2) is 0 Å². The zero-order valence-electron chi connectivity index (χ0n) is 9.33. The minimum atomic E-state index is -2.67. The summed E-state index contributed by atoms with van der Waals surface area (Å²) in [4.78, 5) is 0. The highest BCUT2D eigenvalue weighted by atomic mass is 79.9. The van der Waals surface area contributed by atoms with Gasteiger partial charge in [-0.15, -0.1) is 0 Å². The van der Waals surface area contributed by atoms with E-state index in [4.69, 9.17) is 13.3 Å². The molecule has 0 amide bonds. The molecule has 84 valence electrons. The predicted octanol–water partition coefficient (Wildman–Crippen LogP) is 1.84. The quantitative estimate of drug-likeness (QED) is 0.792. The number of rotatable bonds is 4. The number of hydrogen-bond donors (Lipinski definition) is 0. The van der Waals surface area contributed by atoms with Gasteiger partial charge in [-0.1, -0.05) is 28.1 Å². The minimum absolute atomic E-state index is 0.968. The third kappa shape index (κ3) is 2.48. The lowest BCUT2D eigenvalue weighted by Crippen LogP contribution is -2.54. The van der Waals surface area contributed by atoms with Crippen molar-refractivity contribution >= 4 is 29.9 Å². The molecule has 0 spiro atoms. The van der Waals surface area contributed by atoms with Crippen molar-refractivity contribution in [2.45, 2.75) is 6.92 Å². The molecule has 1 aromatic carbocycles. The van der Waals surface area contributed by atoms with Crippen molar-refractivity contribution in [1.82, 2.24) is 0 Å². The van der Waals surface area contributed by atoms with E-state index in [2.05, 4.69) is 15.9 Å². The summed E-state index contributed by atoms with van der Waals surface area (Å²) in [7, 11) is 2.15. The van der Waals surface area contributed by atoms with E-state index in [1.807, 2.05) is 25.1 Å². The van der Waals surface area contributed by atoms with Gasteiger partial charge in [0, 0.05) is 31.0 Å². The molecule has 0 bridgehead atoms. The topological polar surface area (TPSA) is 27.7 Å². The first-order valence-electron chi connectivity index (χ1n) is 4.51. The van der Waals surface area contributed by atoms with Crippen LogP contribution >= 0.6 is 15.9 Å². The van der Waals surface area contributed by atoms with Crippen molar-refractivity contribution in [2.24, 2.45) is 0 Å². The van der Waals surface area contributed by atoms with Gasteiger partial charge in [0.05, 0.1) is 0 Å². The van der Waals surface area contributed by atoms with Crippen molar-refractivity contribution in [3.63, 3.8) is 0 Å². The van der Waals surface area contributed by atoms with Gasteiger partial charge in [0.2, 0.25) is 0 Å². The maximum Gasteiger partial charge on any atom is 0.536 e. The molecule has 0 aliphatic rings. The van der Waals surface area contributed by atoms with Crippen LogP contribution in [0.5, 0.6) is 0 Å². The molecule has 0 fully saturated rings. The van der Waals surface area contributed by atoms with E-state index in [-0.39, 0.29) is 0 Å². The van der Waals surface area contributed by atoms with Gasteiger partial charge in [0.1, 0.15) is 0 Å². The normalized spacial score (nSPS) is 11.8. The highest BCUT2D eigenvalue weighted by Crippen LogP contribution is 2.16. The highest BCUT2D eigenvalue weighted by molar-refractivity contribution is 9.10. The Labute approximate surface area is 99.9 Å². The van der Waals surface area contributed by atoms with Gasteiger partial charge >= 0.3 is 8.80 Å². The Morgan fingerprint density at radius 3 is 2.00 bits per heavy atom. The Morgan fingerprint density at radius 1 is 1.07 bits per heavy atom. The lowest BCUT2D eigenvalue weighted by Gasteiger charge is -2.24. The van der Waals surface area contributed by atoms with E-state index in [1.54, 1.807) is 21.3 Å². The summed E-state index contributed by atoms with van der Waals surface area (Å²) >= 11 is 3.45. The van der Waals surface area contributed by atoms with Crippen LogP contribution in [0.2, 0.25) is 0 Å². The second kappa shape index (κ2) is 5.22. The summed E-state index contributed by atoms with van der Waals surface area (Å²) in [6.07, 6.45) is 0. The fourth-order valence-corrected chi connectivity index (χ4v) is 3.57. The van der Waals surface area contributed by atoms with E-state index >= 15 is 0 Å². The first-order chi connectivity index (χ1) is 7.09. The van der Waals surface area contributed by atoms with E-state index in [1.165, 1.54) is 0 Å². The van der Waals surface area contributed by atoms with Crippen LogP contribution in [0.4, 0.5) is 0 Å². The number of benzene rings is 1. The fraction of sp³-hybridized carbons (Fsp3) is 0.400. The fourth-order valence-electron chi connectivity index (χ4n) is 1.44. The van der Waals surface area contributed by atoms with Crippen molar-refractivity contribution < 1.29 is 13.3 Å². The van der Waals surface area contributed by atoms with Crippen LogP contribution in [0, 0.1) is 6.92 Å². The molecular formula is C10H15BrO3Si. The average molecular weight is 291 g/mol. The van der Waals surface area contributed by atoms with Crippen LogP contribution < -0.4 is 5.19 Å². The van der Waals surface area contributed by atoms with Crippen LogP contribution in [0.25, 0.3) is 0 Å². The van der Waals surface area contributed by atoms with Gasteiger partial charge in [0.25, 0.3) is 0 Å². The third-order valence-electron chi connectivity index (χ3n) is 2.32. The summed E-state index contributed by atoms with van der Waals surface area (Å²) in [6, 6.07) is 5.95. The van der Waals surface area contributed by atoms with Crippen LogP contribution in [-0.4, -0.2) is 30.1 Å². The summed E-state index contributed by atoms with van der Waals surface area (Å²) < 4.78 is 17.3. The average Bonchev–Trinajstić information content (AvgIpc) is 2.26. The molecule has 0 aliphatic heterocycles. The molecule has 0 saturated heterocycles. The van der Waals surface area contributed by atoms with Crippen molar-refractivity contribution in [2.75, 3.05) is 21.3 Å². The van der Waals surface area contributed by atoms with E-state index < -0.39 is 8.80 Å². The van der Waals surface area contributed by atoms with Crippen LogP contribution in [0.15, 0.2) is 22.7 Å². The van der Waals surface area contributed by atoms with Gasteiger partial charge in [-0.3, -0.25) is 0 Å². The molecule has 5 heteroatoms. The maximum absolute atomic E-state index is 5.40. The van der Waals surface area contributed by atoms with Crippen molar-refractivity contribution in [3.8, 4) is 0 Å². The highest BCUT2D eigenvalue weighted by Gasteiger charge is 2.40. The summed E-state index contributed by atoms with van der Waals surface area (Å²) in [6.45, 7) is 2.02. The molecule has 0 atom stereocenters. The Kier molecular flexibility index (Phi) is 4.48. The maximum atomic E-state index is 5.40. The van der Waals surface area contributed by atoms with Crippen LogP contribution in [-0.2, 0) is 13.3 Å². The third-order valence-corrected chi connectivity index (χ3v) is 5.84. The van der Waals surface area contributed by atoms with E-state index in [0.29, 0.717) is 0 Å². The lowest BCUT2D eigenvalue weighted by molar-refractivity contribution is 0.140. The first kappa shape index (κ1) is 12.9. The first-order valence-corrected chi connectivity index (χ1v) is 7.03. The standard InChI is InChI=1S/C10H15BrO3Si/c1-8-7-9(5-6-10(8)11)15(12-2,13-3)14-4/h5-7H,1-4H3. The minimum Gasteiger partial charge on any atom is -0.373 e. The predicted molar refractivity (Wildman–Crippen MR) is 65.3 cm³/mol. The van der Waals surface area contributed by atoms with Gasteiger partial charge in [-0.05, 0) is 18.6 Å². The Bertz CT molecular complexity index is 331. The Morgan fingerprint density at radius 2 is 1.60 bits per heavy atom. The second-order valence-electron chi connectivity index (χ2n) is 3.13. The number of hydrogen-bond acceptors (Lipinski definition) is 3. The molecule has 3 nitrogen and oxygen atoms in total. The SMILES string of the molecule is CO[Si](OC)(OC)c1ccc(Br)c(C)c1. The Balaban J connectivity index is 3.17. The molecule has 0 unspecified atom stereocenters. The van der Waals surface area contributed by atoms with Crippen LogP contribution in [0.1, 0.15) is 5.56 Å². The Hall–Kier alpha value is -0.203. The molecule has 0 N–H and O–H groups in total. The summed E-state index contributed by atoms with van der Waals surface area (Å²) in [5.74, 6) is 0. The van der Waals surface area contributed by atoms with Crippen molar-refractivity contribution in [1.29, 1.82) is 0 Å². The zero-order chi connectivity index (χ0) is 11.5. The molecule has 1 aromatic rings.